The second-order valence-electron chi connectivity index (χ2n) is 6.26. The van der Waals surface area contributed by atoms with Gasteiger partial charge < -0.3 is 5.32 Å². The van der Waals surface area contributed by atoms with Crippen LogP contribution in [0.4, 0.5) is 4.39 Å². The van der Waals surface area contributed by atoms with E-state index in [1.54, 1.807) is 18.2 Å². The van der Waals surface area contributed by atoms with Crippen LogP contribution in [0.5, 0.6) is 0 Å². The Hall–Kier alpha value is -2.24. The van der Waals surface area contributed by atoms with Crippen molar-refractivity contribution in [3.05, 3.63) is 69.5 Å². The Labute approximate surface area is 156 Å². The van der Waals surface area contributed by atoms with Gasteiger partial charge in [-0.1, -0.05) is 37.1 Å². The van der Waals surface area contributed by atoms with Gasteiger partial charge >= 0.3 is 0 Å². The Morgan fingerprint density at radius 3 is 2.77 bits per heavy atom. The van der Waals surface area contributed by atoms with E-state index in [9.17, 15) is 9.18 Å². The average molecular weight is 374 g/mol. The molecule has 26 heavy (non-hydrogen) atoms. The van der Waals surface area contributed by atoms with Gasteiger partial charge in [0.2, 0.25) is 0 Å². The summed E-state index contributed by atoms with van der Waals surface area (Å²) < 4.78 is 15.1. The van der Waals surface area contributed by atoms with Crippen LogP contribution in [-0.2, 0) is 0 Å². The smallest absolute Gasteiger partial charge is 0.266 e. The number of aromatic nitrogens is 2. The quantitative estimate of drug-likeness (QED) is 0.641. The maximum absolute atomic E-state index is 13.6. The van der Waals surface area contributed by atoms with E-state index >= 15 is 0 Å². The largest absolute Gasteiger partial charge is 0.308 e. The first-order chi connectivity index (χ1) is 12.5. The SMILES string of the molecule is CCCCN[C@@H](C)c1nc2ccccc2c(=O)n1-c1ccc(F)c(Cl)c1. The summed E-state index contributed by atoms with van der Waals surface area (Å²) in [6.07, 6.45) is 2.11. The molecule has 0 aliphatic rings. The highest BCUT2D eigenvalue weighted by Gasteiger charge is 2.18. The molecule has 0 aliphatic carbocycles. The van der Waals surface area contributed by atoms with Crippen LogP contribution in [-0.4, -0.2) is 16.1 Å². The highest BCUT2D eigenvalue weighted by molar-refractivity contribution is 6.30. The minimum absolute atomic E-state index is 0.0277. The molecule has 0 saturated heterocycles. The van der Waals surface area contributed by atoms with Crippen LogP contribution < -0.4 is 10.9 Å². The average Bonchev–Trinajstić information content (AvgIpc) is 2.64. The zero-order valence-corrected chi connectivity index (χ0v) is 15.6. The first-order valence-corrected chi connectivity index (χ1v) is 9.11. The Morgan fingerprint density at radius 1 is 1.27 bits per heavy atom. The summed E-state index contributed by atoms with van der Waals surface area (Å²) in [5.41, 5.74) is 0.942. The number of para-hydroxylation sites is 1. The molecule has 1 aromatic heterocycles. The van der Waals surface area contributed by atoms with Crippen molar-refractivity contribution >= 4 is 22.5 Å². The Bertz CT molecular complexity index is 986. The summed E-state index contributed by atoms with van der Waals surface area (Å²) in [7, 11) is 0. The topological polar surface area (TPSA) is 46.9 Å². The van der Waals surface area contributed by atoms with Gasteiger partial charge in [-0.2, -0.15) is 0 Å². The molecule has 0 fully saturated rings. The van der Waals surface area contributed by atoms with E-state index in [-0.39, 0.29) is 16.6 Å². The van der Waals surface area contributed by atoms with Crippen LogP contribution in [0, 0.1) is 5.82 Å². The fourth-order valence-electron chi connectivity index (χ4n) is 2.90. The second kappa shape index (κ2) is 7.98. The molecule has 0 amide bonds. The molecule has 4 nitrogen and oxygen atoms in total. The maximum atomic E-state index is 13.6. The van der Waals surface area contributed by atoms with Gasteiger partial charge in [0.1, 0.15) is 11.6 Å². The highest BCUT2D eigenvalue weighted by atomic mass is 35.5. The van der Waals surface area contributed by atoms with Crippen molar-refractivity contribution in [3.63, 3.8) is 0 Å². The van der Waals surface area contributed by atoms with E-state index in [1.807, 2.05) is 19.1 Å². The van der Waals surface area contributed by atoms with Gasteiger partial charge in [-0.05, 0) is 50.2 Å². The van der Waals surface area contributed by atoms with Crippen molar-refractivity contribution in [2.75, 3.05) is 6.54 Å². The van der Waals surface area contributed by atoms with E-state index < -0.39 is 5.82 Å². The molecule has 3 aromatic rings. The number of hydrogen-bond acceptors (Lipinski definition) is 3. The molecule has 6 heteroatoms. The summed E-state index contributed by atoms with van der Waals surface area (Å²) in [6, 6.07) is 11.3. The normalized spacial score (nSPS) is 12.5. The molecule has 0 unspecified atom stereocenters. The first-order valence-electron chi connectivity index (χ1n) is 8.73. The summed E-state index contributed by atoms with van der Waals surface area (Å²) in [6.45, 7) is 4.91. The van der Waals surface area contributed by atoms with Gasteiger partial charge in [0.15, 0.2) is 0 Å². The van der Waals surface area contributed by atoms with Crippen molar-refractivity contribution in [3.8, 4) is 5.69 Å². The number of hydrogen-bond donors (Lipinski definition) is 1. The summed E-state index contributed by atoms with van der Waals surface area (Å²) in [5, 5.41) is 3.88. The second-order valence-corrected chi connectivity index (χ2v) is 6.66. The summed E-state index contributed by atoms with van der Waals surface area (Å²) >= 11 is 5.94. The minimum atomic E-state index is -0.520. The molecular weight excluding hydrogens is 353 g/mol. The van der Waals surface area contributed by atoms with Gasteiger partial charge in [0.25, 0.3) is 5.56 Å². The molecule has 3 rings (SSSR count). The van der Waals surface area contributed by atoms with Gasteiger partial charge in [0.05, 0.1) is 27.7 Å². The summed E-state index contributed by atoms with van der Waals surface area (Å²) in [4.78, 5) is 17.8. The Morgan fingerprint density at radius 2 is 2.04 bits per heavy atom. The van der Waals surface area contributed by atoms with Crippen molar-refractivity contribution < 1.29 is 4.39 Å². The predicted octanol–water partition coefficient (Wildman–Crippen LogP) is 4.63. The maximum Gasteiger partial charge on any atom is 0.266 e. The van der Waals surface area contributed by atoms with E-state index in [2.05, 4.69) is 12.2 Å². The zero-order valence-electron chi connectivity index (χ0n) is 14.8. The van der Waals surface area contributed by atoms with E-state index in [1.165, 1.54) is 16.7 Å². The Balaban J connectivity index is 2.20. The Kier molecular flexibility index (Phi) is 5.69. The molecule has 1 heterocycles. The molecule has 0 spiro atoms. The molecule has 1 atom stereocenters. The molecule has 0 saturated carbocycles. The monoisotopic (exact) mass is 373 g/mol. The first kappa shape index (κ1) is 18.5. The highest BCUT2D eigenvalue weighted by Crippen LogP contribution is 2.22. The molecule has 0 bridgehead atoms. The number of nitrogens with one attached hydrogen (secondary N) is 1. The van der Waals surface area contributed by atoms with E-state index in [4.69, 9.17) is 16.6 Å². The van der Waals surface area contributed by atoms with Gasteiger partial charge in [0, 0.05) is 0 Å². The lowest BCUT2D eigenvalue weighted by Crippen LogP contribution is -2.30. The number of rotatable bonds is 6. The van der Waals surface area contributed by atoms with Gasteiger partial charge in [-0.3, -0.25) is 9.36 Å². The standard InChI is InChI=1S/C20H21ClFN3O/c1-3-4-11-23-13(2)19-24-18-8-6-5-7-15(18)20(26)25(19)14-9-10-17(22)16(21)12-14/h5-10,12-13,23H,3-4,11H2,1-2H3/t13-/m0/s1. The third-order valence-electron chi connectivity index (χ3n) is 4.33. The minimum Gasteiger partial charge on any atom is -0.308 e. The lowest BCUT2D eigenvalue weighted by Gasteiger charge is -2.20. The van der Waals surface area contributed by atoms with Gasteiger partial charge in [-0.15, -0.1) is 0 Å². The lowest BCUT2D eigenvalue weighted by atomic mass is 10.2. The number of benzene rings is 2. The van der Waals surface area contributed by atoms with Crippen LogP contribution in [0.3, 0.4) is 0 Å². The van der Waals surface area contributed by atoms with Crippen molar-refractivity contribution in [1.29, 1.82) is 0 Å². The molecule has 136 valence electrons. The number of halogens is 2. The van der Waals surface area contributed by atoms with Crippen molar-refractivity contribution in [1.82, 2.24) is 14.9 Å². The van der Waals surface area contributed by atoms with Crippen LogP contribution in [0.2, 0.25) is 5.02 Å². The molecule has 0 radical (unpaired) electrons. The fourth-order valence-corrected chi connectivity index (χ4v) is 3.08. The number of nitrogens with zero attached hydrogens (tertiary/aromatic N) is 2. The van der Waals surface area contributed by atoms with Crippen LogP contribution in [0.25, 0.3) is 16.6 Å². The lowest BCUT2D eigenvalue weighted by molar-refractivity contribution is 0.520. The molecule has 0 aliphatic heterocycles. The number of fused-ring (bicyclic) bond motifs is 1. The van der Waals surface area contributed by atoms with Crippen molar-refractivity contribution in [2.45, 2.75) is 32.7 Å². The van der Waals surface area contributed by atoms with Crippen LogP contribution in [0.1, 0.15) is 38.6 Å². The molecular formula is C20H21ClFN3O. The fraction of sp³-hybridized carbons (Fsp3) is 0.300. The van der Waals surface area contributed by atoms with E-state index in [0.29, 0.717) is 22.4 Å². The molecule has 2 aromatic carbocycles. The van der Waals surface area contributed by atoms with Crippen molar-refractivity contribution in [2.24, 2.45) is 0 Å². The summed E-state index contributed by atoms with van der Waals surface area (Å²) in [5.74, 6) is 0.0559. The zero-order chi connectivity index (χ0) is 18.7. The van der Waals surface area contributed by atoms with Crippen LogP contribution in [0.15, 0.2) is 47.3 Å². The number of unbranched alkanes of at least 4 members (excludes halogenated alkanes) is 1. The van der Waals surface area contributed by atoms with E-state index in [0.717, 1.165) is 19.4 Å². The molecule has 1 N–H and O–H groups in total. The third kappa shape index (κ3) is 3.64. The van der Waals surface area contributed by atoms with Crippen LogP contribution >= 0.6 is 11.6 Å². The third-order valence-corrected chi connectivity index (χ3v) is 4.62. The predicted molar refractivity (Wildman–Crippen MR) is 104 cm³/mol. The van der Waals surface area contributed by atoms with Gasteiger partial charge in [-0.25, -0.2) is 9.37 Å².